The number of furan rings is 1. The molecule has 0 aliphatic rings. The van der Waals surface area contributed by atoms with Crippen LogP contribution in [0.4, 0.5) is 8.78 Å². The monoisotopic (exact) mass is 288 g/mol. The molecule has 2 aromatic rings. The van der Waals surface area contributed by atoms with Crippen molar-refractivity contribution in [1.82, 2.24) is 0 Å². The molecule has 84 valence electrons. The van der Waals surface area contributed by atoms with Crippen molar-refractivity contribution >= 4 is 15.9 Å². The van der Waals surface area contributed by atoms with Gasteiger partial charge in [-0.25, -0.2) is 8.78 Å². The van der Waals surface area contributed by atoms with E-state index in [9.17, 15) is 13.9 Å². The molecule has 2 nitrogen and oxygen atoms in total. The van der Waals surface area contributed by atoms with Crippen molar-refractivity contribution in [2.45, 2.75) is 6.10 Å². The predicted molar refractivity (Wildman–Crippen MR) is 56.8 cm³/mol. The van der Waals surface area contributed by atoms with Gasteiger partial charge in [0.15, 0.2) is 0 Å². The summed E-state index contributed by atoms with van der Waals surface area (Å²) in [5.74, 6) is -1.30. The fourth-order valence-corrected chi connectivity index (χ4v) is 1.67. The molecule has 0 saturated heterocycles. The van der Waals surface area contributed by atoms with E-state index in [1.165, 1.54) is 18.6 Å². The molecule has 1 unspecified atom stereocenters. The van der Waals surface area contributed by atoms with Crippen molar-refractivity contribution in [1.29, 1.82) is 0 Å². The quantitative estimate of drug-likeness (QED) is 0.860. The first kappa shape index (κ1) is 11.3. The average Bonchev–Trinajstić information content (AvgIpc) is 2.75. The summed E-state index contributed by atoms with van der Waals surface area (Å²) in [4.78, 5) is 0. The van der Waals surface area contributed by atoms with Gasteiger partial charge in [-0.15, -0.1) is 0 Å². The second kappa shape index (κ2) is 4.35. The molecule has 0 bridgehead atoms. The van der Waals surface area contributed by atoms with E-state index in [4.69, 9.17) is 4.42 Å². The summed E-state index contributed by atoms with van der Waals surface area (Å²) in [7, 11) is 0. The molecule has 0 radical (unpaired) electrons. The predicted octanol–water partition coefficient (Wildman–Crippen LogP) is 3.40. The summed E-state index contributed by atoms with van der Waals surface area (Å²) < 4.78 is 31.5. The Morgan fingerprint density at radius 1 is 1.25 bits per heavy atom. The van der Waals surface area contributed by atoms with Crippen molar-refractivity contribution in [3.05, 3.63) is 58.0 Å². The zero-order valence-electron chi connectivity index (χ0n) is 7.95. The lowest BCUT2D eigenvalue weighted by atomic mass is 10.0. The number of benzene rings is 1. The van der Waals surface area contributed by atoms with Crippen molar-refractivity contribution < 1.29 is 18.3 Å². The van der Waals surface area contributed by atoms with Gasteiger partial charge in [0, 0.05) is 11.1 Å². The molecule has 0 spiro atoms. The Labute approximate surface area is 98.6 Å². The molecule has 0 saturated carbocycles. The Morgan fingerprint density at radius 2 is 2.00 bits per heavy atom. The number of hydrogen-bond donors (Lipinski definition) is 1. The summed E-state index contributed by atoms with van der Waals surface area (Å²) >= 11 is 2.86. The van der Waals surface area contributed by atoms with Gasteiger partial charge in [-0.2, -0.15) is 0 Å². The maximum absolute atomic E-state index is 13.5. The van der Waals surface area contributed by atoms with Crippen LogP contribution in [0.5, 0.6) is 0 Å². The third-order valence-corrected chi connectivity index (χ3v) is 2.80. The van der Waals surface area contributed by atoms with Crippen LogP contribution in [-0.4, -0.2) is 5.11 Å². The van der Waals surface area contributed by atoms with Crippen LogP contribution >= 0.6 is 15.9 Å². The Hall–Kier alpha value is -1.20. The van der Waals surface area contributed by atoms with Crippen LogP contribution in [0.3, 0.4) is 0 Å². The summed E-state index contributed by atoms with van der Waals surface area (Å²) in [6, 6.07) is 3.43. The largest absolute Gasteiger partial charge is 0.472 e. The number of halogens is 3. The summed E-state index contributed by atoms with van der Waals surface area (Å²) in [6.07, 6.45) is 1.40. The maximum atomic E-state index is 13.5. The molecular formula is C11H7BrF2O2. The van der Waals surface area contributed by atoms with E-state index in [2.05, 4.69) is 15.9 Å². The van der Waals surface area contributed by atoms with E-state index >= 15 is 0 Å². The van der Waals surface area contributed by atoms with E-state index < -0.39 is 17.7 Å². The SMILES string of the molecule is OC(c1ccoc1)c1cc(F)c(Br)cc1F. The molecule has 0 amide bonds. The molecular weight excluding hydrogens is 282 g/mol. The molecule has 1 N–H and O–H groups in total. The molecule has 1 aromatic carbocycles. The van der Waals surface area contributed by atoms with Gasteiger partial charge in [-0.1, -0.05) is 0 Å². The normalized spacial score (nSPS) is 12.8. The zero-order chi connectivity index (χ0) is 11.7. The maximum Gasteiger partial charge on any atom is 0.137 e. The zero-order valence-corrected chi connectivity index (χ0v) is 9.54. The molecule has 5 heteroatoms. The topological polar surface area (TPSA) is 33.4 Å². The first-order valence-electron chi connectivity index (χ1n) is 4.44. The Morgan fingerprint density at radius 3 is 2.62 bits per heavy atom. The van der Waals surface area contributed by atoms with Gasteiger partial charge in [0.1, 0.15) is 17.7 Å². The summed E-state index contributed by atoms with van der Waals surface area (Å²) in [6.45, 7) is 0. The first-order chi connectivity index (χ1) is 7.59. The van der Waals surface area contributed by atoms with Crippen molar-refractivity contribution in [2.24, 2.45) is 0 Å². The van der Waals surface area contributed by atoms with Gasteiger partial charge in [0.2, 0.25) is 0 Å². The number of rotatable bonds is 2. The molecule has 1 heterocycles. The van der Waals surface area contributed by atoms with E-state index in [1.807, 2.05) is 0 Å². The van der Waals surface area contributed by atoms with E-state index in [-0.39, 0.29) is 10.0 Å². The molecule has 16 heavy (non-hydrogen) atoms. The number of hydrogen-bond acceptors (Lipinski definition) is 2. The fraction of sp³-hybridized carbons (Fsp3) is 0.0909. The fourth-order valence-electron chi connectivity index (χ4n) is 1.36. The van der Waals surface area contributed by atoms with Crippen LogP contribution in [0, 0.1) is 11.6 Å². The van der Waals surface area contributed by atoms with Gasteiger partial charge in [0.05, 0.1) is 17.0 Å². The second-order valence-corrected chi connectivity index (χ2v) is 4.10. The number of aliphatic hydroxyl groups is 1. The first-order valence-corrected chi connectivity index (χ1v) is 5.23. The van der Waals surface area contributed by atoms with Crippen LogP contribution in [0.15, 0.2) is 39.6 Å². The lowest BCUT2D eigenvalue weighted by molar-refractivity contribution is 0.213. The highest BCUT2D eigenvalue weighted by Gasteiger charge is 2.18. The lowest BCUT2D eigenvalue weighted by Gasteiger charge is -2.10. The minimum atomic E-state index is -1.23. The molecule has 0 fully saturated rings. The van der Waals surface area contributed by atoms with Crippen LogP contribution < -0.4 is 0 Å². The third kappa shape index (κ3) is 2.01. The van der Waals surface area contributed by atoms with Gasteiger partial charge in [-0.3, -0.25) is 0 Å². The molecule has 2 rings (SSSR count). The summed E-state index contributed by atoms with van der Waals surface area (Å²) in [5, 5.41) is 9.79. The van der Waals surface area contributed by atoms with Gasteiger partial charge < -0.3 is 9.52 Å². The highest BCUT2D eigenvalue weighted by atomic mass is 79.9. The Balaban J connectivity index is 2.44. The third-order valence-electron chi connectivity index (χ3n) is 2.19. The van der Waals surface area contributed by atoms with Crippen molar-refractivity contribution in [3.63, 3.8) is 0 Å². The van der Waals surface area contributed by atoms with Crippen LogP contribution in [0.25, 0.3) is 0 Å². The standard InChI is InChI=1S/C11H7BrF2O2/c12-8-4-9(13)7(3-10(8)14)11(15)6-1-2-16-5-6/h1-5,11,15H. The molecule has 1 atom stereocenters. The van der Waals surface area contributed by atoms with E-state index in [0.717, 1.165) is 12.1 Å². The molecule has 1 aromatic heterocycles. The molecule has 0 aliphatic heterocycles. The second-order valence-electron chi connectivity index (χ2n) is 3.25. The number of aliphatic hydroxyl groups excluding tert-OH is 1. The minimum absolute atomic E-state index is 0.0214. The lowest BCUT2D eigenvalue weighted by Crippen LogP contribution is -2.02. The molecule has 0 aliphatic carbocycles. The van der Waals surface area contributed by atoms with Gasteiger partial charge in [-0.05, 0) is 34.1 Å². The van der Waals surface area contributed by atoms with Crippen molar-refractivity contribution in [3.8, 4) is 0 Å². The van der Waals surface area contributed by atoms with Crippen LogP contribution in [0.2, 0.25) is 0 Å². The highest BCUT2D eigenvalue weighted by Crippen LogP contribution is 2.28. The van der Waals surface area contributed by atoms with Crippen LogP contribution in [-0.2, 0) is 0 Å². The smallest absolute Gasteiger partial charge is 0.137 e. The average molecular weight is 289 g/mol. The minimum Gasteiger partial charge on any atom is -0.472 e. The van der Waals surface area contributed by atoms with Gasteiger partial charge >= 0.3 is 0 Å². The summed E-state index contributed by atoms with van der Waals surface area (Å²) in [5.41, 5.74) is 0.253. The van der Waals surface area contributed by atoms with Crippen molar-refractivity contribution in [2.75, 3.05) is 0 Å². The Kier molecular flexibility index (Phi) is 3.07. The van der Waals surface area contributed by atoms with Crippen LogP contribution in [0.1, 0.15) is 17.2 Å². The van der Waals surface area contributed by atoms with E-state index in [0.29, 0.717) is 5.56 Å². The Bertz CT molecular complexity index is 497. The highest BCUT2D eigenvalue weighted by molar-refractivity contribution is 9.10. The van der Waals surface area contributed by atoms with E-state index in [1.54, 1.807) is 0 Å². The van der Waals surface area contributed by atoms with Gasteiger partial charge in [0.25, 0.3) is 0 Å².